The van der Waals surface area contributed by atoms with Crippen molar-refractivity contribution in [2.75, 3.05) is 26.8 Å². The number of aliphatic hydroxyl groups excluding tert-OH is 1. The summed E-state index contributed by atoms with van der Waals surface area (Å²) in [4.78, 5) is 18.8. The first kappa shape index (κ1) is 16.0. The smallest absolute Gasteiger partial charge is 0.254 e. The van der Waals surface area contributed by atoms with Crippen LogP contribution in [0.4, 0.5) is 0 Å². The average molecular weight is 300 g/mol. The summed E-state index contributed by atoms with van der Waals surface area (Å²) in [6, 6.07) is 7.22. The van der Waals surface area contributed by atoms with Crippen molar-refractivity contribution >= 4 is 16.8 Å². The van der Waals surface area contributed by atoms with Gasteiger partial charge in [0, 0.05) is 24.2 Å². The number of aliphatic hydroxyl groups is 1. The minimum atomic E-state index is -0.155. The Hall–Kier alpha value is -2.40. The van der Waals surface area contributed by atoms with Crippen LogP contribution >= 0.6 is 0 Å². The molecule has 0 saturated heterocycles. The third-order valence-corrected chi connectivity index (χ3v) is 3.38. The van der Waals surface area contributed by atoms with Gasteiger partial charge in [-0.25, -0.2) is 0 Å². The van der Waals surface area contributed by atoms with E-state index in [1.807, 2.05) is 19.1 Å². The first-order valence-electron chi connectivity index (χ1n) is 7.07. The Morgan fingerprint density at radius 1 is 1.45 bits per heavy atom. The zero-order valence-electron chi connectivity index (χ0n) is 12.9. The van der Waals surface area contributed by atoms with Gasteiger partial charge in [0.05, 0.1) is 24.8 Å². The second-order valence-corrected chi connectivity index (χ2v) is 4.96. The van der Waals surface area contributed by atoms with E-state index >= 15 is 0 Å². The lowest BCUT2D eigenvalue weighted by atomic mass is 10.1. The number of rotatable bonds is 6. The molecule has 1 amide bonds. The summed E-state index contributed by atoms with van der Waals surface area (Å²) < 4.78 is 5.23. The van der Waals surface area contributed by atoms with Gasteiger partial charge in [0.1, 0.15) is 5.75 Å². The Morgan fingerprint density at radius 2 is 2.23 bits per heavy atom. The number of methoxy groups -OCH3 is 1. The molecule has 0 aliphatic carbocycles. The van der Waals surface area contributed by atoms with E-state index in [0.29, 0.717) is 17.9 Å². The number of ether oxygens (including phenoxy) is 1. The summed E-state index contributed by atoms with van der Waals surface area (Å²) in [6.45, 7) is 6.06. The third kappa shape index (κ3) is 3.26. The Balaban J connectivity index is 2.56. The Morgan fingerprint density at radius 3 is 2.86 bits per heavy atom. The van der Waals surface area contributed by atoms with E-state index in [-0.39, 0.29) is 19.1 Å². The fourth-order valence-electron chi connectivity index (χ4n) is 2.36. The molecule has 0 spiro atoms. The maximum atomic E-state index is 12.8. The largest absolute Gasteiger partial charge is 0.497 e. The topological polar surface area (TPSA) is 62.7 Å². The van der Waals surface area contributed by atoms with Crippen LogP contribution in [0.1, 0.15) is 16.1 Å². The Kier molecular flexibility index (Phi) is 5.12. The second kappa shape index (κ2) is 7.04. The molecule has 0 saturated carbocycles. The number of amides is 1. The maximum Gasteiger partial charge on any atom is 0.254 e. The van der Waals surface area contributed by atoms with Gasteiger partial charge in [0.25, 0.3) is 5.91 Å². The highest BCUT2D eigenvalue weighted by Gasteiger charge is 2.18. The van der Waals surface area contributed by atoms with Crippen LogP contribution in [0.5, 0.6) is 5.75 Å². The van der Waals surface area contributed by atoms with Gasteiger partial charge >= 0.3 is 0 Å². The molecule has 2 aromatic rings. The van der Waals surface area contributed by atoms with Gasteiger partial charge in [-0.15, -0.1) is 6.58 Å². The summed E-state index contributed by atoms with van der Waals surface area (Å²) >= 11 is 0. The number of nitrogens with zero attached hydrogens (tertiary/aromatic N) is 2. The SMILES string of the molecule is C=CCN(CCO)C(=O)c1cc(C)nc2ccc(OC)cc12. The van der Waals surface area contributed by atoms with Crippen LogP contribution in [-0.2, 0) is 0 Å². The van der Waals surface area contributed by atoms with Crippen molar-refractivity contribution < 1.29 is 14.6 Å². The molecule has 116 valence electrons. The fraction of sp³-hybridized carbons (Fsp3) is 0.294. The first-order chi connectivity index (χ1) is 10.6. The number of benzene rings is 1. The van der Waals surface area contributed by atoms with E-state index in [1.165, 1.54) is 0 Å². The number of hydrogen-bond acceptors (Lipinski definition) is 4. The van der Waals surface area contributed by atoms with Gasteiger partial charge in [0.15, 0.2) is 0 Å². The van der Waals surface area contributed by atoms with Crippen LogP contribution in [0, 0.1) is 6.92 Å². The van der Waals surface area contributed by atoms with Gasteiger partial charge < -0.3 is 14.7 Å². The molecule has 0 aliphatic heterocycles. The molecule has 0 fully saturated rings. The van der Waals surface area contributed by atoms with E-state index in [1.54, 1.807) is 30.2 Å². The number of aryl methyl sites for hydroxylation is 1. The molecule has 0 bridgehead atoms. The van der Waals surface area contributed by atoms with Gasteiger partial charge in [-0.05, 0) is 31.2 Å². The number of hydrogen-bond donors (Lipinski definition) is 1. The molecular formula is C17H20N2O3. The van der Waals surface area contributed by atoms with E-state index in [4.69, 9.17) is 9.84 Å². The molecule has 0 atom stereocenters. The summed E-state index contributed by atoms with van der Waals surface area (Å²) in [5.74, 6) is 0.516. The second-order valence-electron chi connectivity index (χ2n) is 4.96. The number of fused-ring (bicyclic) bond motifs is 1. The van der Waals surface area contributed by atoms with Gasteiger partial charge in [-0.2, -0.15) is 0 Å². The maximum absolute atomic E-state index is 12.8. The zero-order valence-corrected chi connectivity index (χ0v) is 12.9. The summed E-state index contributed by atoms with van der Waals surface area (Å²) in [5.41, 5.74) is 2.06. The van der Waals surface area contributed by atoms with Gasteiger partial charge in [-0.3, -0.25) is 9.78 Å². The molecule has 1 N–H and O–H groups in total. The van der Waals surface area contributed by atoms with Crippen LogP contribution < -0.4 is 4.74 Å². The highest BCUT2D eigenvalue weighted by molar-refractivity contribution is 6.06. The van der Waals surface area contributed by atoms with E-state index in [0.717, 1.165) is 16.6 Å². The molecular weight excluding hydrogens is 280 g/mol. The quantitative estimate of drug-likeness (QED) is 0.831. The number of pyridine rings is 1. The third-order valence-electron chi connectivity index (χ3n) is 3.38. The molecule has 5 heteroatoms. The van der Waals surface area contributed by atoms with Crippen LogP contribution in [0.2, 0.25) is 0 Å². The normalized spacial score (nSPS) is 10.5. The van der Waals surface area contributed by atoms with Crippen LogP contribution in [0.25, 0.3) is 10.9 Å². The molecule has 1 aromatic heterocycles. The standard InChI is InChI=1S/C17H20N2O3/c1-4-7-19(8-9-20)17(21)15-10-12(2)18-16-6-5-13(22-3)11-14(15)16/h4-6,10-11,20H,1,7-9H2,2-3H3. The molecule has 1 aromatic carbocycles. The monoisotopic (exact) mass is 300 g/mol. The number of carbonyl (C=O) groups excluding carboxylic acids is 1. The highest BCUT2D eigenvalue weighted by atomic mass is 16.5. The Labute approximate surface area is 129 Å². The summed E-state index contributed by atoms with van der Waals surface area (Å²) in [7, 11) is 1.58. The summed E-state index contributed by atoms with van der Waals surface area (Å²) in [5, 5.41) is 9.89. The molecule has 1 heterocycles. The molecule has 0 radical (unpaired) electrons. The van der Waals surface area contributed by atoms with Crippen molar-refractivity contribution in [3.63, 3.8) is 0 Å². The minimum Gasteiger partial charge on any atom is -0.497 e. The van der Waals surface area contributed by atoms with Crippen molar-refractivity contribution in [1.29, 1.82) is 0 Å². The predicted molar refractivity (Wildman–Crippen MR) is 86.2 cm³/mol. The van der Waals surface area contributed by atoms with Crippen LogP contribution in [-0.4, -0.2) is 47.7 Å². The number of aromatic nitrogens is 1. The van der Waals surface area contributed by atoms with Gasteiger partial charge in [0.2, 0.25) is 0 Å². The summed E-state index contributed by atoms with van der Waals surface area (Å²) in [6.07, 6.45) is 1.64. The van der Waals surface area contributed by atoms with Crippen LogP contribution in [0.15, 0.2) is 36.9 Å². The zero-order chi connectivity index (χ0) is 16.1. The molecule has 0 aliphatic rings. The molecule has 0 unspecified atom stereocenters. The molecule has 5 nitrogen and oxygen atoms in total. The minimum absolute atomic E-state index is 0.0924. The highest BCUT2D eigenvalue weighted by Crippen LogP contribution is 2.24. The van der Waals surface area contributed by atoms with Crippen molar-refractivity contribution in [3.8, 4) is 5.75 Å². The van der Waals surface area contributed by atoms with Crippen molar-refractivity contribution in [2.24, 2.45) is 0 Å². The Bertz CT molecular complexity index is 698. The van der Waals surface area contributed by atoms with E-state index in [2.05, 4.69) is 11.6 Å². The van der Waals surface area contributed by atoms with Crippen molar-refractivity contribution in [1.82, 2.24) is 9.88 Å². The first-order valence-corrected chi connectivity index (χ1v) is 7.07. The lowest BCUT2D eigenvalue weighted by Crippen LogP contribution is -2.33. The lowest BCUT2D eigenvalue weighted by Gasteiger charge is -2.21. The van der Waals surface area contributed by atoms with E-state index in [9.17, 15) is 4.79 Å². The number of carbonyl (C=O) groups is 1. The van der Waals surface area contributed by atoms with E-state index < -0.39 is 0 Å². The average Bonchev–Trinajstić information content (AvgIpc) is 2.52. The van der Waals surface area contributed by atoms with Gasteiger partial charge in [-0.1, -0.05) is 6.08 Å². The molecule has 22 heavy (non-hydrogen) atoms. The predicted octanol–water partition coefficient (Wildman–Crippen LogP) is 2.17. The molecule has 2 rings (SSSR count). The van der Waals surface area contributed by atoms with Crippen LogP contribution in [0.3, 0.4) is 0 Å². The van der Waals surface area contributed by atoms with Crippen molar-refractivity contribution in [3.05, 3.63) is 48.2 Å². The fourth-order valence-corrected chi connectivity index (χ4v) is 2.36. The lowest BCUT2D eigenvalue weighted by molar-refractivity contribution is 0.0744. The van der Waals surface area contributed by atoms with Crippen molar-refractivity contribution in [2.45, 2.75) is 6.92 Å².